The van der Waals surface area contributed by atoms with E-state index >= 15 is 0 Å². The van der Waals surface area contributed by atoms with E-state index in [0.717, 1.165) is 38.5 Å². The molecule has 0 N–H and O–H groups in total. The first-order valence-electron chi connectivity index (χ1n) is 11.1. The molecule has 2 aliphatic carbocycles. The number of hydrogen-bond donors (Lipinski definition) is 0. The van der Waals surface area contributed by atoms with Gasteiger partial charge in [0.25, 0.3) is 0 Å². The third-order valence-electron chi connectivity index (χ3n) is 6.61. The maximum absolute atomic E-state index is 14.2. The second-order valence-electron chi connectivity index (χ2n) is 8.41. The van der Waals surface area contributed by atoms with Crippen molar-refractivity contribution in [1.29, 1.82) is 0 Å². The summed E-state index contributed by atoms with van der Waals surface area (Å²) in [5, 5.41) is 0. The van der Waals surface area contributed by atoms with Gasteiger partial charge in [-0.25, -0.2) is 4.39 Å². The molecule has 0 bridgehead atoms. The van der Waals surface area contributed by atoms with E-state index in [1.807, 2.05) is 6.08 Å². The van der Waals surface area contributed by atoms with Crippen molar-refractivity contribution in [2.75, 3.05) is 13.3 Å². The average molecular weight is 425 g/mol. The molecule has 3 nitrogen and oxygen atoms in total. The van der Waals surface area contributed by atoms with Crippen molar-refractivity contribution in [3.63, 3.8) is 0 Å². The molecule has 1 aromatic rings. The van der Waals surface area contributed by atoms with Crippen molar-refractivity contribution in [2.24, 2.45) is 23.7 Å². The fourth-order valence-corrected chi connectivity index (χ4v) is 4.93. The van der Waals surface area contributed by atoms with E-state index in [1.165, 1.54) is 12.1 Å². The van der Waals surface area contributed by atoms with Gasteiger partial charge in [0.1, 0.15) is 6.67 Å². The zero-order valence-electron chi connectivity index (χ0n) is 17.5. The van der Waals surface area contributed by atoms with Gasteiger partial charge in [0.2, 0.25) is 11.6 Å². The van der Waals surface area contributed by atoms with Crippen molar-refractivity contribution in [3.8, 4) is 11.5 Å². The second-order valence-corrected chi connectivity index (χ2v) is 8.41. The third kappa shape index (κ3) is 5.58. The minimum absolute atomic E-state index is 0.190. The van der Waals surface area contributed by atoms with Gasteiger partial charge in [-0.2, -0.15) is 8.78 Å². The largest absolute Gasteiger partial charge is 0.491 e. The Kier molecular flexibility index (Phi) is 8.23. The van der Waals surface area contributed by atoms with Crippen molar-refractivity contribution < 1.29 is 27.4 Å². The molecule has 0 atom stereocenters. The molecule has 3 rings (SSSR count). The SMILES string of the molecule is CCOc1ccc(OC(=O)C2CCC(C3CCC(C=CCF)CC3)CC2)c(F)c1F. The maximum Gasteiger partial charge on any atom is 0.314 e. The summed E-state index contributed by atoms with van der Waals surface area (Å²) in [4.78, 5) is 12.5. The summed E-state index contributed by atoms with van der Waals surface area (Å²) < 4.78 is 50.6. The Balaban J connectivity index is 1.48. The summed E-state index contributed by atoms with van der Waals surface area (Å²) in [6, 6.07) is 2.52. The number of carbonyl (C=O) groups is 1. The van der Waals surface area contributed by atoms with Crippen molar-refractivity contribution in [1.82, 2.24) is 0 Å². The molecule has 0 radical (unpaired) electrons. The van der Waals surface area contributed by atoms with Crippen molar-refractivity contribution >= 4 is 5.97 Å². The number of carbonyl (C=O) groups excluding carboxylic acids is 1. The molecule has 0 spiro atoms. The van der Waals surface area contributed by atoms with Crippen LogP contribution in [0, 0.1) is 35.3 Å². The number of rotatable bonds is 7. The standard InChI is InChI=1S/C24H31F3O3/c1-2-29-20-13-14-21(23(27)22(20)26)30-24(28)19-11-9-18(10-12-19)17-7-5-16(6-8-17)4-3-15-25/h3-4,13-14,16-19H,2,5-12,15H2,1H3. The predicted octanol–water partition coefficient (Wildman–Crippen LogP) is 6.41. The highest BCUT2D eigenvalue weighted by molar-refractivity contribution is 5.75. The lowest BCUT2D eigenvalue weighted by molar-refractivity contribution is -0.140. The zero-order chi connectivity index (χ0) is 21.5. The molecule has 0 unspecified atom stereocenters. The lowest BCUT2D eigenvalue weighted by atomic mass is 9.69. The topological polar surface area (TPSA) is 35.5 Å². The Morgan fingerprint density at radius 2 is 1.53 bits per heavy atom. The van der Waals surface area contributed by atoms with Crippen LogP contribution >= 0.6 is 0 Å². The molecule has 30 heavy (non-hydrogen) atoms. The quantitative estimate of drug-likeness (QED) is 0.288. The lowest BCUT2D eigenvalue weighted by Crippen LogP contribution is -2.30. The van der Waals surface area contributed by atoms with E-state index in [-0.39, 0.29) is 24.0 Å². The van der Waals surface area contributed by atoms with Crippen LogP contribution in [0.3, 0.4) is 0 Å². The molecule has 6 heteroatoms. The summed E-state index contributed by atoms with van der Waals surface area (Å²) in [6.07, 6.45) is 11.5. The van der Waals surface area contributed by atoms with Crippen LogP contribution in [0.5, 0.6) is 11.5 Å². The van der Waals surface area contributed by atoms with Crippen LogP contribution in [0.15, 0.2) is 24.3 Å². The van der Waals surface area contributed by atoms with E-state index < -0.39 is 24.3 Å². The van der Waals surface area contributed by atoms with E-state index in [1.54, 1.807) is 13.0 Å². The summed E-state index contributed by atoms with van der Waals surface area (Å²) in [5.41, 5.74) is 0. The summed E-state index contributed by atoms with van der Waals surface area (Å²) in [5.74, 6) is -1.92. The highest BCUT2D eigenvalue weighted by Gasteiger charge is 2.33. The number of ether oxygens (including phenoxy) is 2. The van der Waals surface area contributed by atoms with Gasteiger partial charge < -0.3 is 9.47 Å². The van der Waals surface area contributed by atoms with E-state index in [4.69, 9.17) is 9.47 Å². The molecule has 2 fully saturated rings. The molecule has 0 amide bonds. The average Bonchev–Trinajstić information content (AvgIpc) is 2.78. The van der Waals surface area contributed by atoms with Crippen LogP contribution in [0.2, 0.25) is 0 Å². The molecule has 0 saturated heterocycles. The Morgan fingerprint density at radius 1 is 0.967 bits per heavy atom. The Labute approximate surface area is 176 Å². The summed E-state index contributed by atoms with van der Waals surface area (Å²) in [6.45, 7) is 1.50. The Bertz CT molecular complexity index is 733. The molecule has 0 aliphatic heterocycles. The van der Waals surface area contributed by atoms with Gasteiger partial charge in [0.15, 0.2) is 11.5 Å². The van der Waals surface area contributed by atoms with Gasteiger partial charge in [0.05, 0.1) is 12.5 Å². The molecular weight excluding hydrogens is 393 g/mol. The zero-order valence-corrected chi connectivity index (χ0v) is 17.5. The second kappa shape index (κ2) is 10.9. The fraction of sp³-hybridized carbons (Fsp3) is 0.625. The van der Waals surface area contributed by atoms with Gasteiger partial charge in [-0.15, -0.1) is 0 Å². The van der Waals surface area contributed by atoms with Crippen LogP contribution in [0.1, 0.15) is 58.3 Å². The van der Waals surface area contributed by atoms with Gasteiger partial charge in [0, 0.05) is 0 Å². The molecular formula is C24H31F3O3. The van der Waals surface area contributed by atoms with Gasteiger partial charge in [-0.1, -0.05) is 12.2 Å². The molecule has 2 saturated carbocycles. The molecule has 1 aromatic carbocycles. The van der Waals surface area contributed by atoms with Gasteiger partial charge in [-0.3, -0.25) is 4.79 Å². The first-order chi connectivity index (χ1) is 14.5. The van der Waals surface area contributed by atoms with Crippen molar-refractivity contribution in [2.45, 2.75) is 58.3 Å². The van der Waals surface area contributed by atoms with Crippen LogP contribution < -0.4 is 9.47 Å². The molecule has 2 aliphatic rings. The fourth-order valence-electron chi connectivity index (χ4n) is 4.93. The normalized spacial score (nSPS) is 27.2. The number of esters is 1. The van der Waals surface area contributed by atoms with Crippen LogP contribution in [0.4, 0.5) is 13.2 Å². The molecule has 0 aromatic heterocycles. The monoisotopic (exact) mass is 424 g/mol. The lowest BCUT2D eigenvalue weighted by Gasteiger charge is -2.36. The first-order valence-corrected chi connectivity index (χ1v) is 11.1. The Morgan fingerprint density at radius 3 is 2.13 bits per heavy atom. The summed E-state index contributed by atoms with van der Waals surface area (Å²) >= 11 is 0. The van der Waals surface area contributed by atoms with E-state index in [9.17, 15) is 18.0 Å². The van der Waals surface area contributed by atoms with Crippen LogP contribution in [-0.2, 0) is 4.79 Å². The van der Waals surface area contributed by atoms with Crippen molar-refractivity contribution in [3.05, 3.63) is 35.9 Å². The minimum Gasteiger partial charge on any atom is -0.491 e. The third-order valence-corrected chi connectivity index (χ3v) is 6.61. The highest BCUT2D eigenvalue weighted by atomic mass is 19.2. The van der Waals surface area contributed by atoms with Crippen LogP contribution in [0.25, 0.3) is 0 Å². The predicted molar refractivity (Wildman–Crippen MR) is 109 cm³/mol. The number of allylic oxidation sites excluding steroid dienone is 2. The van der Waals surface area contributed by atoms with E-state index in [2.05, 4.69) is 0 Å². The highest BCUT2D eigenvalue weighted by Crippen LogP contribution is 2.42. The van der Waals surface area contributed by atoms with Gasteiger partial charge >= 0.3 is 5.97 Å². The number of hydrogen-bond acceptors (Lipinski definition) is 3. The number of benzene rings is 1. The molecule has 166 valence electrons. The summed E-state index contributed by atoms with van der Waals surface area (Å²) in [7, 11) is 0. The smallest absolute Gasteiger partial charge is 0.314 e. The maximum atomic E-state index is 14.2. The Hall–Kier alpha value is -1.98. The first kappa shape index (κ1) is 22.7. The minimum atomic E-state index is -1.19. The van der Waals surface area contributed by atoms with Gasteiger partial charge in [-0.05, 0) is 88.2 Å². The molecule has 0 heterocycles. The van der Waals surface area contributed by atoms with E-state index in [0.29, 0.717) is 30.6 Å². The number of halogens is 3. The number of alkyl halides is 1. The van der Waals surface area contributed by atoms with Crippen LogP contribution in [-0.4, -0.2) is 19.3 Å².